The van der Waals surface area contributed by atoms with Gasteiger partial charge in [0.2, 0.25) is 0 Å². The second-order valence-corrected chi connectivity index (χ2v) is 3.77. The normalized spacial score (nSPS) is 42.0. The van der Waals surface area contributed by atoms with Crippen molar-refractivity contribution in [3.05, 3.63) is 0 Å². The number of hydrogen-bond donors (Lipinski definition) is 0. The van der Waals surface area contributed by atoms with Gasteiger partial charge >= 0.3 is 6.16 Å². The van der Waals surface area contributed by atoms with Crippen molar-refractivity contribution in [1.29, 1.82) is 0 Å². The molecule has 1 heterocycles. The van der Waals surface area contributed by atoms with E-state index in [0.717, 1.165) is 12.8 Å². The molecule has 0 aromatic heterocycles. The molecule has 0 aromatic rings. The van der Waals surface area contributed by atoms with Crippen LogP contribution in [0.3, 0.4) is 0 Å². The summed E-state index contributed by atoms with van der Waals surface area (Å²) < 4.78 is 14.9. The Morgan fingerprint density at radius 3 is 2.77 bits per heavy atom. The van der Waals surface area contributed by atoms with Gasteiger partial charge in [0.25, 0.3) is 0 Å². The van der Waals surface area contributed by atoms with Crippen molar-refractivity contribution in [1.82, 2.24) is 0 Å². The first-order valence-electron chi connectivity index (χ1n) is 4.60. The molecule has 2 fully saturated rings. The first-order valence-corrected chi connectivity index (χ1v) is 4.60. The molecule has 4 heteroatoms. The van der Waals surface area contributed by atoms with Crippen LogP contribution in [0.25, 0.3) is 0 Å². The fourth-order valence-corrected chi connectivity index (χ4v) is 1.91. The highest BCUT2D eigenvalue weighted by Gasteiger charge is 2.48. The van der Waals surface area contributed by atoms with E-state index in [0.29, 0.717) is 18.1 Å². The van der Waals surface area contributed by atoms with Gasteiger partial charge in [-0.3, -0.25) is 0 Å². The molecular weight excluding hydrogens is 172 g/mol. The van der Waals surface area contributed by atoms with Crippen molar-refractivity contribution in [2.24, 2.45) is 5.92 Å². The molecule has 1 saturated carbocycles. The molecule has 0 amide bonds. The highest BCUT2D eigenvalue weighted by atomic mass is 16.7. The van der Waals surface area contributed by atoms with E-state index in [1.807, 2.05) is 0 Å². The Morgan fingerprint density at radius 2 is 2.08 bits per heavy atom. The molecule has 0 spiro atoms. The number of carbonyl (C=O) groups is 1. The second kappa shape index (κ2) is 3.18. The predicted octanol–water partition coefficient (Wildman–Crippen LogP) is 1.34. The molecule has 0 N–H and O–H groups in total. The second-order valence-electron chi connectivity index (χ2n) is 3.77. The van der Waals surface area contributed by atoms with Crippen LogP contribution in [0.2, 0.25) is 0 Å². The Kier molecular flexibility index (Phi) is 2.15. The Labute approximate surface area is 77.1 Å². The van der Waals surface area contributed by atoms with E-state index in [2.05, 4.69) is 11.7 Å². The van der Waals surface area contributed by atoms with Crippen molar-refractivity contribution >= 4 is 6.16 Å². The third-order valence-corrected chi connectivity index (χ3v) is 2.81. The van der Waals surface area contributed by atoms with Crippen LogP contribution in [0.4, 0.5) is 4.79 Å². The molecule has 1 aliphatic heterocycles. The van der Waals surface area contributed by atoms with Crippen LogP contribution >= 0.6 is 0 Å². The van der Waals surface area contributed by atoms with Crippen LogP contribution in [0.5, 0.6) is 0 Å². The number of epoxide rings is 1. The molecule has 74 valence electrons. The Morgan fingerprint density at radius 1 is 1.38 bits per heavy atom. The predicted molar refractivity (Wildman–Crippen MR) is 44.3 cm³/mol. The molecule has 4 atom stereocenters. The van der Waals surface area contributed by atoms with E-state index in [4.69, 9.17) is 9.47 Å². The Bertz CT molecular complexity index is 216. The van der Waals surface area contributed by atoms with Crippen molar-refractivity contribution < 1.29 is 19.0 Å². The summed E-state index contributed by atoms with van der Waals surface area (Å²) in [5.41, 5.74) is 0. The highest BCUT2D eigenvalue weighted by molar-refractivity contribution is 5.59. The molecule has 13 heavy (non-hydrogen) atoms. The highest BCUT2D eigenvalue weighted by Crippen LogP contribution is 2.40. The van der Waals surface area contributed by atoms with Gasteiger partial charge in [0.15, 0.2) is 0 Å². The third-order valence-electron chi connectivity index (χ3n) is 2.81. The van der Waals surface area contributed by atoms with Crippen LogP contribution in [0.1, 0.15) is 19.8 Å². The molecule has 1 aliphatic carbocycles. The van der Waals surface area contributed by atoms with E-state index in [9.17, 15) is 4.79 Å². The molecule has 4 nitrogen and oxygen atoms in total. The summed E-state index contributed by atoms with van der Waals surface area (Å²) >= 11 is 0. The summed E-state index contributed by atoms with van der Waals surface area (Å²) in [6, 6.07) is 0. The zero-order valence-corrected chi connectivity index (χ0v) is 7.86. The topological polar surface area (TPSA) is 48.1 Å². The number of hydrogen-bond acceptors (Lipinski definition) is 4. The summed E-state index contributed by atoms with van der Waals surface area (Å²) in [7, 11) is 1.33. The fourth-order valence-electron chi connectivity index (χ4n) is 1.91. The van der Waals surface area contributed by atoms with E-state index in [-0.39, 0.29) is 6.10 Å². The molecular formula is C9H14O4. The van der Waals surface area contributed by atoms with Gasteiger partial charge < -0.3 is 14.2 Å². The average molecular weight is 186 g/mol. The minimum Gasteiger partial charge on any atom is -0.438 e. The summed E-state index contributed by atoms with van der Waals surface area (Å²) in [6.45, 7) is 2.07. The Hall–Kier alpha value is -0.770. The van der Waals surface area contributed by atoms with Crippen LogP contribution < -0.4 is 0 Å². The maximum Gasteiger partial charge on any atom is 0.508 e. The van der Waals surface area contributed by atoms with Gasteiger partial charge in [0, 0.05) is 6.42 Å². The van der Waals surface area contributed by atoms with Crippen molar-refractivity contribution in [2.75, 3.05) is 7.11 Å². The number of ether oxygens (including phenoxy) is 3. The lowest BCUT2D eigenvalue weighted by Gasteiger charge is -2.25. The van der Waals surface area contributed by atoms with Crippen LogP contribution in [-0.4, -0.2) is 31.6 Å². The van der Waals surface area contributed by atoms with E-state index < -0.39 is 6.16 Å². The van der Waals surface area contributed by atoms with E-state index >= 15 is 0 Å². The first kappa shape index (κ1) is 8.81. The number of fused-ring (bicyclic) bond motifs is 1. The number of methoxy groups -OCH3 is 1. The molecule has 0 radical (unpaired) electrons. The van der Waals surface area contributed by atoms with Gasteiger partial charge in [-0.05, 0) is 12.3 Å². The van der Waals surface area contributed by atoms with Crippen LogP contribution in [0.15, 0.2) is 0 Å². The van der Waals surface area contributed by atoms with E-state index in [1.54, 1.807) is 0 Å². The summed E-state index contributed by atoms with van der Waals surface area (Å²) in [6.07, 6.45) is 1.94. The summed E-state index contributed by atoms with van der Waals surface area (Å²) in [4.78, 5) is 10.9. The minimum atomic E-state index is -0.587. The minimum absolute atomic E-state index is 0.0313. The quantitative estimate of drug-likeness (QED) is 0.458. The van der Waals surface area contributed by atoms with Gasteiger partial charge in [-0.25, -0.2) is 4.79 Å². The van der Waals surface area contributed by atoms with Gasteiger partial charge in [-0.15, -0.1) is 0 Å². The molecule has 0 aromatic carbocycles. The summed E-state index contributed by atoms with van der Waals surface area (Å²) in [5.74, 6) is 0.378. The largest absolute Gasteiger partial charge is 0.508 e. The lowest BCUT2D eigenvalue weighted by molar-refractivity contribution is 0.00549. The van der Waals surface area contributed by atoms with Crippen molar-refractivity contribution in [3.63, 3.8) is 0 Å². The number of carbonyl (C=O) groups excluding carboxylic acids is 1. The molecule has 2 rings (SSSR count). The zero-order chi connectivity index (χ0) is 9.42. The van der Waals surface area contributed by atoms with Gasteiger partial charge in [0.05, 0.1) is 19.3 Å². The molecule has 4 unspecified atom stereocenters. The Balaban J connectivity index is 1.86. The smallest absolute Gasteiger partial charge is 0.438 e. The lowest BCUT2D eigenvalue weighted by Crippen LogP contribution is -2.31. The van der Waals surface area contributed by atoms with E-state index in [1.165, 1.54) is 7.11 Å². The monoisotopic (exact) mass is 186 g/mol. The third kappa shape index (κ3) is 1.77. The maximum atomic E-state index is 10.9. The average Bonchev–Trinajstić information content (AvgIpc) is 2.82. The molecule has 1 saturated heterocycles. The lowest BCUT2D eigenvalue weighted by atomic mass is 9.88. The van der Waals surface area contributed by atoms with Crippen LogP contribution in [-0.2, 0) is 14.2 Å². The van der Waals surface area contributed by atoms with Gasteiger partial charge in [0.1, 0.15) is 6.10 Å². The van der Waals surface area contributed by atoms with Gasteiger partial charge in [-0.2, -0.15) is 0 Å². The van der Waals surface area contributed by atoms with Crippen molar-refractivity contribution in [3.8, 4) is 0 Å². The summed E-state index contributed by atoms with van der Waals surface area (Å²) in [5, 5.41) is 0. The standard InChI is InChI=1S/C9H14O4/c1-5-3-7-8(12-7)4-6(5)13-9(10)11-2/h5-8H,3-4H2,1-2H3. The zero-order valence-electron chi connectivity index (χ0n) is 7.86. The van der Waals surface area contributed by atoms with Crippen molar-refractivity contribution in [2.45, 2.75) is 38.1 Å². The number of rotatable bonds is 1. The maximum absolute atomic E-state index is 10.9. The van der Waals surface area contributed by atoms with Crippen LogP contribution in [0, 0.1) is 5.92 Å². The SMILES string of the molecule is COC(=O)OC1CC2OC2CC1C. The molecule has 0 bridgehead atoms. The fraction of sp³-hybridized carbons (Fsp3) is 0.889. The molecule has 2 aliphatic rings. The first-order chi connectivity index (χ1) is 6.20. The van der Waals surface area contributed by atoms with Gasteiger partial charge in [-0.1, -0.05) is 6.92 Å².